The predicted molar refractivity (Wildman–Crippen MR) is 61.0 cm³/mol. The molecule has 0 atom stereocenters. The Bertz CT molecular complexity index is 393. The minimum absolute atomic E-state index is 0.145. The maximum absolute atomic E-state index is 12.9. The fourth-order valence-corrected chi connectivity index (χ4v) is 1.28. The Morgan fingerprint density at radius 2 is 2.18 bits per heavy atom. The molecule has 0 aliphatic carbocycles. The molecule has 0 saturated carbocycles. The number of ether oxygens (including phenoxy) is 2. The lowest BCUT2D eigenvalue weighted by molar-refractivity contribution is -0.149. The van der Waals surface area contributed by atoms with Gasteiger partial charge in [-0.2, -0.15) is 0 Å². The molecule has 0 radical (unpaired) electrons. The molecule has 0 heterocycles. The summed E-state index contributed by atoms with van der Waals surface area (Å²) in [5.41, 5.74) is 5.96. The Morgan fingerprint density at radius 1 is 1.47 bits per heavy atom. The lowest BCUT2D eigenvalue weighted by atomic mass is 10.2. The summed E-state index contributed by atoms with van der Waals surface area (Å²) in [6.07, 6.45) is -0.187. The highest BCUT2D eigenvalue weighted by Crippen LogP contribution is 2.19. The molecular weight excluding hydrogens is 225 g/mol. The van der Waals surface area contributed by atoms with Gasteiger partial charge in [-0.05, 0) is 32.0 Å². The largest absolute Gasteiger partial charge is 0.482 e. The van der Waals surface area contributed by atoms with Gasteiger partial charge in [0.05, 0.1) is 6.10 Å². The van der Waals surface area contributed by atoms with E-state index in [1.165, 1.54) is 18.2 Å². The van der Waals surface area contributed by atoms with Crippen molar-refractivity contribution in [3.63, 3.8) is 0 Å². The maximum atomic E-state index is 12.9. The molecule has 0 unspecified atom stereocenters. The van der Waals surface area contributed by atoms with Crippen LogP contribution < -0.4 is 10.5 Å². The van der Waals surface area contributed by atoms with Crippen molar-refractivity contribution >= 4 is 5.97 Å². The predicted octanol–water partition coefficient (Wildman–Crippen LogP) is 1.61. The number of benzene rings is 1. The van der Waals surface area contributed by atoms with E-state index in [1.807, 2.05) is 0 Å². The molecule has 5 heteroatoms. The third-order valence-electron chi connectivity index (χ3n) is 1.96. The first-order valence-corrected chi connectivity index (χ1v) is 5.33. The topological polar surface area (TPSA) is 61.5 Å². The Kier molecular flexibility index (Phi) is 4.90. The first-order chi connectivity index (χ1) is 8.02. The fraction of sp³-hybridized carbons (Fsp3) is 0.417. The highest BCUT2D eigenvalue weighted by atomic mass is 19.1. The average Bonchev–Trinajstić information content (AvgIpc) is 2.26. The van der Waals surface area contributed by atoms with Crippen LogP contribution in [0.4, 0.5) is 4.39 Å². The third kappa shape index (κ3) is 4.40. The Morgan fingerprint density at radius 3 is 2.76 bits per heavy atom. The summed E-state index contributed by atoms with van der Waals surface area (Å²) in [6.45, 7) is 3.44. The van der Waals surface area contributed by atoms with Crippen LogP contribution in [-0.4, -0.2) is 18.7 Å². The van der Waals surface area contributed by atoms with Crippen LogP contribution in [0.1, 0.15) is 19.4 Å². The molecular formula is C12H16FNO3. The smallest absolute Gasteiger partial charge is 0.344 e. The molecule has 17 heavy (non-hydrogen) atoms. The number of hydrogen-bond acceptors (Lipinski definition) is 4. The lowest BCUT2D eigenvalue weighted by Crippen LogP contribution is -2.19. The van der Waals surface area contributed by atoms with E-state index < -0.39 is 5.97 Å². The van der Waals surface area contributed by atoms with Gasteiger partial charge in [0, 0.05) is 12.1 Å². The van der Waals surface area contributed by atoms with Crippen molar-refractivity contribution < 1.29 is 18.7 Å². The standard InChI is InChI=1S/C12H16FNO3/c1-8(2)17-12(15)7-16-11-4-3-10(13)5-9(11)6-14/h3-5,8H,6-7,14H2,1-2H3. The molecule has 1 aromatic rings. The van der Waals surface area contributed by atoms with Gasteiger partial charge >= 0.3 is 5.97 Å². The molecule has 94 valence electrons. The van der Waals surface area contributed by atoms with Gasteiger partial charge in [-0.1, -0.05) is 0 Å². The molecule has 0 amide bonds. The fourth-order valence-electron chi connectivity index (χ4n) is 1.28. The molecule has 0 saturated heterocycles. The van der Waals surface area contributed by atoms with E-state index >= 15 is 0 Å². The maximum Gasteiger partial charge on any atom is 0.344 e. The second kappa shape index (κ2) is 6.20. The SMILES string of the molecule is CC(C)OC(=O)COc1ccc(F)cc1CN. The Balaban J connectivity index is 2.60. The normalized spacial score (nSPS) is 10.4. The van der Waals surface area contributed by atoms with E-state index in [9.17, 15) is 9.18 Å². The van der Waals surface area contributed by atoms with Gasteiger partial charge in [0.1, 0.15) is 11.6 Å². The van der Waals surface area contributed by atoms with Gasteiger partial charge in [-0.25, -0.2) is 9.18 Å². The minimum atomic E-state index is -0.465. The van der Waals surface area contributed by atoms with E-state index in [1.54, 1.807) is 13.8 Å². The monoisotopic (exact) mass is 241 g/mol. The molecule has 0 bridgehead atoms. The number of halogens is 1. The van der Waals surface area contributed by atoms with Crippen molar-refractivity contribution in [1.29, 1.82) is 0 Å². The van der Waals surface area contributed by atoms with Crippen LogP contribution in [0.3, 0.4) is 0 Å². The van der Waals surface area contributed by atoms with Crippen LogP contribution in [-0.2, 0) is 16.1 Å². The van der Waals surface area contributed by atoms with E-state index in [4.69, 9.17) is 15.2 Å². The van der Waals surface area contributed by atoms with E-state index in [-0.39, 0.29) is 25.1 Å². The van der Waals surface area contributed by atoms with Crippen molar-refractivity contribution in [1.82, 2.24) is 0 Å². The third-order valence-corrected chi connectivity index (χ3v) is 1.96. The second-order valence-electron chi connectivity index (χ2n) is 3.78. The zero-order valence-corrected chi connectivity index (χ0v) is 9.90. The molecule has 0 aliphatic rings. The summed E-state index contributed by atoms with van der Waals surface area (Å²) < 4.78 is 23.0. The van der Waals surface area contributed by atoms with Crippen molar-refractivity contribution in [2.24, 2.45) is 5.73 Å². The summed E-state index contributed by atoms with van der Waals surface area (Å²) in [6, 6.07) is 3.98. The van der Waals surface area contributed by atoms with Gasteiger partial charge in [-0.3, -0.25) is 0 Å². The Hall–Kier alpha value is -1.62. The summed E-state index contributed by atoms with van der Waals surface area (Å²) in [5, 5.41) is 0. The van der Waals surface area contributed by atoms with Crippen molar-refractivity contribution in [2.75, 3.05) is 6.61 Å². The average molecular weight is 241 g/mol. The van der Waals surface area contributed by atoms with Crippen LogP contribution in [0.2, 0.25) is 0 Å². The highest BCUT2D eigenvalue weighted by molar-refractivity contribution is 5.71. The van der Waals surface area contributed by atoms with E-state index in [0.29, 0.717) is 11.3 Å². The Labute approximate surface area is 99.5 Å². The second-order valence-corrected chi connectivity index (χ2v) is 3.78. The van der Waals surface area contributed by atoms with Gasteiger partial charge in [0.25, 0.3) is 0 Å². The first-order valence-electron chi connectivity index (χ1n) is 5.33. The molecule has 4 nitrogen and oxygen atoms in total. The molecule has 0 spiro atoms. The van der Waals surface area contributed by atoms with Crippen LogP contribution in [0.25, 0.3) is 0 Å². The van der Waals surface area contributed by atoms with Gasteiger partial charge < -0.3 is 15.2 Å². The molecule has 0 aliphatic heterocycles. The zero-order chi connectivity index (χ0) is 12.8. The number of hydrogen-bond donors (Lipinski definition) is 1. The number of nitrogens with two attached hydrogens (primary N) is 1. The summed E-state index contributed by atoms with van der Waals surface area (Å²) in [5.74, 6) is -0.454. The van der Waals surface area contributed by atoms with Crippen LogP contribution in [0.15, 0.2) is 18.2 Å². The number of esters is 1. The van der Waals surface area contributed by atoms with Crippen LogP contribution in [0, 0.1) is 5.82 Å². The molecule has 0 aromatic heterocycles. The van der Waals surface area contributed by atoms with Crippen LogP contribution in [0.5, 0.6) is 5.75 Å². The van der Waals surface area contributed by atoms with Gasteiger partial charge in [-0.15, -0.1) is 0 Å². The van der Waals surface area contributed by atoms with Gasteiger partial charge in [0.2, 0.25) is 0 Å². The quantitative estimate of drug-likeness (QED) is 0.796. The molecule has 0 fully saturated rings. The van der Waals surface area contributed by atoms with Crippen LogP contribution >= 0.6 is 0 Å². The summed E-state index contributed by atoms with van der Waals surface area (Å²) >= 11 is 0. The summed E-state index contributed by atoms with van der Waals surface area (Å²) in [4.78, 5) is 11.2. The van der Waals surface area contributed by atoms with Gasteiger partial charge in [0.15, 0.2) is 6.61 Å². The molecule has 2 N–H and O–H groups in total. The van der Waals surface area contributed by atoms with Crippen molar-refractivity contribution in [3.8, 4) is 5.75 Å². The number of carbonyl (C=O) groups is 1. The molecule has 1 rings (SSSR count). The van der Waals surface area contributed by atoms with Crippen molar-refractivity contribution in [3.05, 3.63) is 29.6 Å². The molecule has 1 aromatic carbocycles. The summed E-state index contributed by atoms with van der Waals surface area (Å²) in [7, 11) is 0. The lowest BCUT2D eigenvalue weighted by Gasteiger charge is -2.11. The number of rotatable bonds is 5. The zero-order valence-electron chi connectivity index (χ0n) is 9.90. The van der Waals surface area contributed by atoms with E-state index in [2.05, 4.69) is 0 Å². The van der Waals surface area contributed by atoms with Crippen molar-refractivity contribution in [2.45, 2.75) is 26.5 Å². The van der Waals surface area contributed by atoms with E-state index in [0.717, 1.165) is 0 Å². The number of carbonyl (C=O) groups excluding carboxylic acids is 1. The highest BCUT2D eigenvalue weighted by Gasteiger charge is 2.09. The first kappa shape index (κ1) is 13.4. The minimum Gasteiger partial charge on any atom is -0.482 e.